The Morgan fingerprint density at radius 2 is 1.85 bits per heavy atom. The molecule has 0 bridgehead atoms. The summed E-state index contributed by atoms with van der Waals surface area (Å²) in [4.78, 5) is 12.2. The lowest BCUT2D eigenvalue weighted by Gasteiger charge is -2.01. The number of nitrogens with one attached hydrogen (secondary N) is 3. The lowest BCUT2D eigenvalue weighted by molar-refractivity contribution is 1.12. The third-order valence-corrected chi connectivity index (χ3v) is 3.31. The smallest absolute Gasteiger partial charge is 0.207 e. The number of hydrogen-bond donors (Lipinski definition) is 3. The molecule has 0 amide bonds. The van der Waals surface area contributed by atoms with E-state index < -0.39 is 0 Å². The summed E-state index contributed by atoms with van der Waals surface area (Å²) in [6.07, 6.45) is 2.47. The molecule has 5 nitrogen and oxygen atoms in total. The fourth-order valence-electron chi connectivity index (χ4n) is 2.13. The Balaban J connectivity index is 1.61. The normalized spacial score (nSPS) is 14.4. The third-order valence-electron chi connectivity index (χ3n) is 3.31. The van der Waals surface area contributed by atoms with Crippen molar-refractivity contribution in [3.05, 3.63) is 42.5 Å². The number of imidazole rings is 1. The Labute approximate surface area is 116 Å². The van der Waals surface area contributed by atoms with E-state index in [1.807, 2.05) is 42.5 Å². The van der Waals surface area contributed by atoms with Crippen LogP contribution >= 0.6 is 0 Å². The molecule has 100 valence electrons. The maximum atomic E-state index is 4.52. The van der Waals surface area contributed by atoms with Crippen molar-refractivity contribution < 1.29 is 0 Å². The number of para-hydroxylation sites is 1. The van der Waals surface area contributed by atoms with Crippen molar-refractivity contribution >= 4 is 28.6 Å². The lowest BCUT2D eigenvalue weighted by Crippen LogP contribution is -2.02. The van der Waals surface area contributed by atoms with Crippen LogP contribution in [0.2, 0.25) is 0 Å². The van der Waals surface area contributed by atoms with Gasteiger partial charge in [-0.2, -0.15) is 4.98 Å². The maximum absolute atomic E-state index is 4.52. The van der Waals surface area contributed by atoms with Crippen LogP contribution in [0.4, 0.5) is 17.5 Å². The van der Waals surface area contributed by atoms with Crippen molar-refractivity contribution in [2.24, 2.45) is 0 Å². The van der Waals surface area contributed by atoms with E-state index in [1.165, 1.54) is 12.8 Å². The third kappa shape index (κ3) is 2.30. The molecule has 2 heterocycles. The van der Waals surface area contributed by atoms with Crippen LogP contribution in [0, 0.1) is 0 Å². The van der Waals surface area contributed by atoms with Gasteiger partial charge in [0.15, 0.2) is 5.65 Å². The van der Waals surface area contributed by atoms with Gasteiger partial charge >= 0.3 is 0 Å². The van der Waals surface area contributed by atoms with Crippen LogP contribution in [-0.2, 0) is 0 Å². The number of pyridine rings is 1. The van der Waals surface area contributed by atoms with Gasteiger partial charge in [0.2, 0.25) is 5.95 Å². The van der Waals surface area contributed by atoms with Gasteiger partial charge in [-0.3, -0.25) is 0 Å². The molecular weight excluding hydrogens is 250 g/mol. The van der Waals surface area contributed by atoms with E-state index in [9.17, 15) is 0 Å². The summed E-state index contributed by atoms with van der Waals surface area (Å²) >= 11 is 0. The molecule has 1 fully saturated rings. The van der Waals surface area contributed by atoms with Crippen molar-refractivity contribution in [2.75, 3.05) is 10.6 Å². The SMILES string of the molecule is c1ccc(Nc2nc3nc(NC4CC4)ccc3[nH]2)cc1. The van der Waals surface area contributed by atoms with Gasteiger partial charge in [0.05, 0.1) is 5.52 Å². The first kappa shape index (κ1) is 11.3. The number of aromatic amines is 1. The molecule has 1 aromatic carbocycles. The Hall–Kier alpha value is -2.56. The van der Waals surface area contributed by atoms with E-state index in [4.69, 9.17) is 0 Å². The van der Waals surface area contributed by atoms with Gasteiger partial charge in [-0.05, 0) is 37.1 Å². The van der Waals surface area contributed by atoms with E-state index in [2.05, 4.69) is 25.6 Å². The van der Waals surface area contributed by atoms with Gasteiger partial charge in [-0.25, -0.2) is 4.98 Å². The van der Waals surface area contributed by atoms with E-state index in [0.29, 0.717) is 12.0 Å². The molecular formula is C15H15N5. The predicted octanol–water partition coefficient (Wildman–Crippen LogP) is 3.28. The molecule has 20 heavy (non-hydrogen) atoms. The molecule has 1 saturated carbocycles. The van der Waals surface area contributed by atoms with E-state index >= 15 is 0 Å². The highest BCUT2D eigenvalue weighted by molar-refractivity contribution is 5.76. The van der Waals surface area contributed by atoms with E-state index in [-0.39, 0.29) is 0 Å². The van der Waals surface area contributed by atoms with Crippen LogP contribution in [0.1, 0.15) is 12.8 Å². The zero-order valence-corrected chi connectivity index (χ0v) is 10.9. The van der Waals surface area contributed by atoms with Gasteiger partial charge in [0.1, 0.15) is 5.82 Å². The van der Waals surface area contributed by atoms with Gasteiger partial charge in [0, 0.05) is 11.7 Å². The number of hydrogen-bond acceptors (Lipinski definition) is 4. The van der Waals surface area contributed by atoms with Crippen molar-refractivity contribution in [1.82, 2.24) is 15.0 Å². The molecule has 3 aromatic rings. The number of fused-ring (bicyclic) bond motifs is 1. The van der Waals surface area contributed by atoms with Crippen molar-refractivity contribution in [1.29, 1.82) is 0 Å². The predicted molar refractivity (Wildman–Crippen MR) is 80.3 cm³/mol. The number of anilines is 3. The molecule has 3 N–H and O–H groups in total. The number of H-pyrrole nitrogens is 1. The molecule has 1 aliphatic carbocycles. The lowest BCUT2D eigenvalue weighted by atomic mass is 10.3. The largest absolute Gasteiger partial charge is 0.367 e. The summed E-state index contributed by atoms with van der Waals surface area (Å²) in [6.45, 7) is 0. The summed E-state index contributed by atoms with van der Waals surface area (Å²) in [5, 5.41) is 6.62. The highest BCUT2D eigenvalue weighted by atomic mass is 15.2. The number of aromatic nitrogens is 3. The zero-order valence-electron chi connectivity index (χ0n) is 10.9. The molecule has 0 radical (unpaired) electrons. The summed E-state index contributed by atoms with van der Waals surface area (Å²) in [5.74, 6) is 1.61. The molecule has 1 aliphatic rings. The average molecular weight is 265 g/mol. The average Bonchev–Trinajstić information content (AvgIpc) is 3.18. The van der Waals surface area contributed by atoms with Crippen LogP contribution in [0.5, 0.6) is 0 Å². The molecule has 0 unspecified atom stereocenters. The molecule has 0 atom stereocenters. The topological polar surface area (TPSA) is 65.6 Å². The van der Waals surface area contributed by atoms with Crippen LogP contribution in [0.15, 0.2) is 42.5 Å². The monoisotopic (exact) mass is 265 g/mol. The quantitative estimate of drug-likeness (QED) is 0.677. The van der Waals surface area contributed by atoms with Crippen LogP contribution in [0.3, 0.4) is 0 Å². The first-order chi connectivity index (χ1) is 9.87. The van der Waals surface area contributed by atoms with Crippen molar-refractivity contribution in [3.63, 3.8) is 0 Å². The Kier molecular flexibility index (Phi) is 2.55. The first-order valence-corrected chi connectivity index (χ1v) is 6.82. The minimum Gasteiger partial charge on any atom is -0.367 e. The molecule has 0 saturated heterocycles. The van der Waals surface area contributed by atoms with Gasteiger partial charge in [0.25, 0.3) is 0 Å². The summed E-state index contributed by atoms with van der Waals surface area (Å²) < 4.78 is 0. The van der Waals surface area contributed by atoms with Crippen molar-refractivity contribution in [2.45, 2.75) is 18.9 Å². The highest BCUT2D eigenvalue weighted by Crippen LogP contribution is 2.25. The summed E-state index contributed by atoms with van der Waals surface area (Å²) in [7, 11) is 0. The minimum atomic E-state index is 0.598. The molecule has 0 spiro atoms. The second-order valence-electron chi connectivity index (χ2n) is 5.06. The standard InChI is InChI=1S/C15H15N5/c1-2-4-10(5-3-1)17-15-18-12-8-9-13(16-11-6-7-11)19-14(12)20-15/h1-5,8-9,11H,6-7H2,(H3,16,17,18,19,20). The van der Waals surface area contributed by atoms with Crippen LogP contribution in [-0.4, -0.2) is 21.0 Å². The summed E-state index contributed by atoms with van der Waals surface area (Å²) in [5.41, 5.74) is 2.67. The second kappa shape index (κ2) is 4.52. The van der Waals surface area contributed by atoms with Gasteiger partial charge in [-0.15, -0.1) is 0 Å². The van der Waals surface area contributed by atoms with Crippen LogP contribution < -0.4 is 10.6 Å². The molecule has 0 aliphatic heterocycles. The highest BCUT2D eigenvalue weighted by Gasteiger charge is 2.21. The second-order valence-corrected chi connectivity index (χ2v) is 5.06. The fraction of sp³-hybridized carbons (Fsp3) is 0.200. The maximum Gasteiger partial charge on any atom is 0.207 e. The molecule has 4 rings (SSSR count). The Bertz CT molecular complexity index is 730. The van der Waals surface area contributed by atoms with Gasteiger partial charge in [-0.1, -0.05) is 18.2 Å². The van der Waals surface area contributed by atoms with Crippen molar-refractivity contribution in [3.8, 4) is 0 Å². The van der Waals surface area contributed by atoms with Crippen LogP contribution in [0.25, 0.3) is 11.2 Å². The first-order valence-electron chi connectivity index (χ1n) is 6.82. The number of benzene rings is 1. The fourth-order valence-corrected chi connectivity index (χ4v) is 2.13. The number of rotatable bonds is 4. The Morgan fingerprint density at radius 3 is 2.65 bits per heavy atom. The summed E-state index contributed by atoms with van der Waals surface area (Å²) in [6, 6.07) is 14.6. The van der Waals surface area contributed by atoms with E-state index in [1.54, 1.807) is 0 Å². The minimum absolute atomic E-state index is 0.598. The molecule has 2 aromatic heterocycles. The van der Waals surface area contributed by atoms with E-state index in [0.717, 1.165) is 22.7 Å². The van der Waals surface area contributed by atoms with Gasteiger partial charge < -0.3 is 15.6 Å². The molecule has 5 heteroatoms. The Morgan fingerprint density at radius 1 is 1.00 bits per heavy atom. The zero-order chi connectivity index (χ0) is 13.4. The number of nitrogens with zero attached hydrogens (tertiary/aromatic N) is 2.